The number of alkyl halides is 3. The highest BCUT2D eigenvalue weighted by Gasteiger charge is 2.27. The van der Waals surface area contributed by atoms with Gasteiger partial charge >= 0.3 is 6.18 Å². The van der Waals surface area contributed by atoms with Crippen molar-refractivity contribution < 1.29 is 23.0 Å². The summed E-state index contributed by atoms with van der Waals surface area (Å²) < 4.78 is 42.2. The Morgan fingerprint density at radius 3 is 2.71 bits per heavy atom. The number of hydrogen-bond acceptors (Lipinski definition) is 2. The van der Waals surface area contributed by atoms with Gasteiger partial charge in [-0.05, 0) is 18.6 Å². The van der Waals surface area contributed by atoms with Crippen LogP contribution in [0.2, 0.25) is 5.02 Å². The Kier molecular flexibility index (Phi) is 5.13. The normalized spacial score (nSPS) is 12.2. The molecule has 0 spiro atoms. The lowest BCUT2D eigenvalue weighted by atomic mass is 10.2. The number of nitrogens with zero attached hydrogens (tertiary/aromatic N) is 1. The lowest BCUT2D eigenvalue weighted by Crippen LogP contribution is -2.17. The third-order valence-corrected chi connectivity index (χ3v) is 3.29. The number of benzene rings is 1. The van der Waals surface area contributed by atoms with E-state index in [1.807, 2.05) is 10.6 Å². The second kappa shape index (κ2) is 6.68. The van der Waals surface area contributed by atoms with Crippen LogP contribution in [-0.2, 0) is 17.9 Å². The Morgan fingerprint density at radius 1 is 1.29 bits per heavy atom. The number of aromatic nitrogens is 1. The van der Waals surface area contributed by atoms with Crippen LogP contribution >= 0.6 is 11.6 Å². The summed E-state index contributed by atoms with van der Waals surface area (Å²) in [6.07, 6.45) is -2.07. The maximum absolute atomic E-state index is 11.9. The zero-order chi connectivity index (χ0) is 15.5. The van der Waals surface area contributed by atoms with Crippen molar-refractivity contribution >= 4 is 22.5 Å². The summed E-state index contributed by atoms with van der Waals surface area (Å²) in [5.74, 6) is 0. The Bertz CT molecular complexity index is 610. The van der Waals surface area contributed by atoms with Crippen LogP contribution in [0.4, 0.5) is 13.2 Å². The molecule has 0 aliphatic rings. The second-order valence-corrected chi connectivity index (χ2v) is 5.13. The van der Waals surface area contributed by atoms with Gasteiger partial charge in [0.15, 0.2) is 0 Å². The zero-order valence-corrected chi connectivity index (χ0v) is 11.9. The molecule has 3 nitrogen and oxygen atoms in total. The van der Waals surface area contributed by atoms with Crippen molar-refractivity contribution in [3.05, 3.63) is 35.0 Å². The van der Waals surface area contributed by atoms with E-state index in [-0.39, 0.29) is 13.2 Å². The lowest BCUT2D eigenvalue weighted by molar-refractivity contribution is -0.174. The van der Waals surface area contributed by atoms with E-state index >= 15 is 0 Å². The fraction of sp³-hybridized carbons (Fsp3) is 0.429. The van der Waals surface area contributed by atoms with E-state index in [4.69, 9.17) is 11.6 Å². The molecule has 7 heteroatoms. The average Bonchev–Trinajstić information content (AvgIpc) is 2.74. The molecule has 0 bridgehead atoms. The van der Waals surface area contributed by atoms with Crippen LogP contribution in [0, 0.1) is 0 Å². The standard InChI is InChI=1S/C14H15ClF3NO2/c15-11-2-3-12-10(8-20)7-19(13(12)6-11)4-1-5-21-9-14(16,17)18/h2-3,6-7,20H,1,4-5,8-9H2. The van der Waals surface area contributed by atoms with Gasteiger partial charge in [0, 0.05) is 40.8 Å². The Hall–Kier alpha value is -1.24. The fourth-order valence-corrected chi connectivity index (χ4v) is 2.34. The van der Waals surface area contributed by atoms with Gasteiger partial charge in [0.1, 0.15) is 6.61 Å². The van der Waals surface area contributed by atoms with Crippen molar-refractivity contribution in [3.8, 4) is 0 Å². The predicted octanol–water partition coefficient (Wildman–Crippen LogP) is 3.76. The number of aliphatic hydroxyl groups is 1. The highest BCUT2D eigenvalue weighted by atomic mass is 35.5. The number of ether oxygens (including phenoxy) is 1. The number of fused-ring (bicyclic) bond motifs is 1. The first-order valence-electron chi connectivity index (χ1n) is 6.43. The van der Waals surface area contributed by atoms with E-state index in [0.717, 1.165) is 16.5 Å². The van der Waals surface area contributed by atoms with E-state index in [1.54, 1.807) is 18.3 Å². The van der Waals surface area contributed by atoms with Crippen molar-refractivity contribution in [2.45, 2.75) is 25.7 Å². The van der Waals surface area contributed by atoms with Crippen molar-refractivity contribution in [2.75, 3.05) is 13.2 Å². The average molecular weight is 322 g/mol. The number of rotatable bonds is 6. The largest absolute Gasteiger partial charge is 0.411 e. The van der Waals surface area contributed by atoms with Crippen molar-refractivity contribution in [3.63, 3.8) is 0 Å². The monoisotopic (exact) mass is 321 g/mol. The van der Waals surface area contributed by atoms with E-state index in [0.29, 0.717) is 18.0 Å². The van der Waals surface area contributed by atoms with Gasteiger partial charge in [-0.3, -0.25) is 0 Å². The Morgan fingerprint density at radius 2 is 2.05 bits per heavy atom. The molecule has 0 unspecified atom stereocenters. The summed E-state index contributed by atoms with van der Waals surface area (Å²) in [5.41, 5.74) is 1.61. The van der Waals surface area contributed by atoms with E-state index in [9.17, 15) is 18.3 Å². The molecule has 21 heavy (non-hydrogen) atoms. The molecule has 116 valence electrons. The molecular formula is C14H15ClF3NO2. The molecule has 0 aliphatic heterocycles. The first-order chi connectivity index (χ1) is 9.90. The van der Waals surface area contributed by atoms with Crippen molar-refractivity contribution in [1.29, 1.82) is 0 Å². The maximum Gasteiger partial charge on any atom is 0.411 e. The minimum atomic E-state index is -4.29. The molecule has 1 N–H and O–H groups in total. The predicted molar refractivity (Wildman–Crippen MR) is 74.4 cm³/mol. The first kappa shape index (κ1) is 16.1. The molecular weight excluding hydrogens is 307 g/mol. The molecule has 0 aliphatic carbocycles. The van der Waals surface area contributed by atoms with Gasteiger partial charge in [0.05, 0.1) is 6.61 Å². The van der Waals surface area contributed by atoms with Crippen LogP contribution in [0.1, 0.15) is 12.0 Å². The minimum Gasteiger partial charge on any atom is -0.392 e. The van der Waals surface area contributed by atoms with E-state index in [2.05, 4.69) is 4.74 Å². The van der Waals surface area contributed by atoms with Crippen LogP contribution in [0.15, 0.2) is 24.4 Å². The summed E-state index contributed by atoms with van der Waals surface area (Å²) >= 11 is 5.95. The highest BCUT2D eigenvalue weighted by Crippen LogP contribution is 2.25. The molecule has 0 radical (unpaired) electrons. The molecule has 0 atom stereocenters. The molecule has 0 saturated carbocycles. The molecule has 2 rings (SSSR count). The van der Waals surface area contributed by atoms with Gasteiger partial charge < -0.3 is 14.4 Å². The molecule has 2 aromatic rings. The van der Waals surface area contributed by atoms with Crippen LogP contribution in [0.3, 0.4) is 0 Å². The van der Waals surface area contributed by atoms with Gasteiger partial charge in [-0.2, -0.15) is 13.2 Å². The smallest absolute Gasteiger partial charge is 0.392 e. The molecule has 1 aromatic carbocycles. The Labute approximate surface area is 124 Å². The topological polar surface area (TPSA) is 34.4 Å². The molecule has 0 saturated heterocycles. The third-order valence-electron chi connectivity index (χ3n) is 3.05. The quantitative estimate of drug-likeness (QED) is 0.822. The van der Waals surface area contributed by atoms with Crippen LogP contribution in [-0.4, -0.2) is 29.1 Å². The van der Waals surface area contributed by atoms with Gasteiger partial charge in [-0.25, -0.2) is 0 Å². The molecule has 1 aromatic heterocycles. The van der Waals surface area contributed by atoms with Gasteiger partial charge in [-0.15, -0.1) is 0 Å². The summed E-state index contributed by atoms with van der Waals surface area (Å²) in [7, 11) is 0. The second-order valence-electron chi connectivity index (χ2n) is 4.69. The third kappa shape index (κ3) is 4.36. The molecule has 0 fully saturated rings. The van der Waals surface area contributed by atoms with Crippen molar-refractivity contribution in [2.24, 2.45) is 0 Å². The number of aliphatic hydroxyl groups excluding tert-OH is 1. The van der Waals surface area contributed by atoms with E-state index < -0.39 is 12.8 Å². The molecule has 1 heterocycles. The van der Waals surface area contributed by atoms with Crippen LogP contribution in [0.5, 0.6) is 0 Å². The van der Waals surface area contributed by atoms with Crippen LogP contribution in [0.25, 0.3) is 10.9 Å². The number of hydrogen-bond donors (Lipinski definition) is 1. The molecule has 0 amide bonds. The summed E-state index contributed by atoms with van der Waals surface area (Å²) in [6.45, 7) is -0.814. The number of aryl methyl sites for hydroxylation is 1. The summed E-state index contributed by atoms with van der Waals surface area (Å²) in [5, 5.41) is 10.8. The van der Waals surface area contributed by atoms with E-state index in [1.165, 1.54) is 0 Å². The van der Waals surface area contributed by atoms with Gasteiger partial charge in [0.2, 0.25) is 0 Å². The maximum atomic E-state index is 11.9. The first-order valence-corrected chi connectivity index (χ1v) is 6.81. The summed E-state index contributed by atoms with van der Waals surface area (Å²) in [4.78, 5) is 0. The number of halogens is 4. The SMILES string of the molecule is OCc1cn(CCCOCC(F)(F)F)c2cc(Cl)ccc12. The highest BCUT2D eigenvalue weighted by molar-refractivity contribution is 6.31. The van der Waals surface area contributed by atoms with Crippen LogP contribution < -0.4 is 0 Å². The Balaban J connectivity index is 2.00. The minimum absolute atomic E-state index is 0.0220. The summed E-state index contributed by atoms with van der Waals surface area (Å²) in [6, 6.07) is 5.33. The van der Waals surface area contributed by atoms with Gasteiger partial charge in [-0.1, -0.05) is 17.7 Å². The van der Waals surface area contributed by atoms with Gasteiger partial charge in [0.25, 0.3) is 0 Å². The van der Waals surface area contributed by atoms with Crippen molar-refractivity contribution in [1.82, 2.24) is 4.57 Å². The lowest BCUT2D eigenvalue weighted by Gasteiger charge is -2.08. The fourth-order valence-electron chi connectivity index (χ4n) is 2.18. The zero-order valence-electron chi connectivity index (χ0n) is 11.2.